The van der Waals surface area contributed by atoms with Crippen LogP contribution in [0.3, 0.4) is 0 Å². The van der Waals surface area contributed by atoms with Crippen LogP contribution in [0.25, 0.3) is 4.95 Å². The molecule has 0 atom stereocenters. The maximum Gasteiger partial charge on any atom is 0.434 e. The molecule has 34 heteroatoms. The lowest BCUT2D eigenvalue weighted by atomic mass is 9.89. The highest BCUT2D eigenvalue weighted by Gasteiger charge is 2.61. The molecule has 7 heterocycles. The zero-order chi connectivity index (χ0) is 56.6. The molecule has 0 spiro atoms. The molecule has 4 aliphatic heterocycles. The lowest BCUT2D eigenvalue weighted by molar-refractivity contribution is -0.309. The Bertz CT molecular complexity index is 2440. The second-order valence-corrected chi connectivity index (χ2v) is 18.0. The van der Waals surface area contributed by atoms with Gasteiger partial charge in [-0.1, -0.05) is 0 Å². The summed E-state index contributed by atoms with van der Waals surface area (Å²) in [5.74, 6) is 0.163. The molecule has 3 aromatic rings. The zero-order valence-corrected chi connectivity index (χ0v) is 40.8. The fourth-order valence-corrected chi connectivity index (χ4v) is 7.86. The summed E-state index contributed by atoms with van der Waals surface area (Å²) in [6.07, 6.45) is -29.0. The van der Waals surface area contributed by atoms with Gasteiger partial charge in [-0.2, -0.15) is 64.2 Å². The van der Waals surface area contributed by atoms with Gasteiger partial charge in [0.15, 0.2) is 6.29 Å². The molecule has 0 aliphatic carbocycles. The van der Waals surface area contributed by atoms with Gasteiger partial charge in [-0.25, -0.2) is 24.5 Å². The SMILES string of the molecule is CC1(NC(=O)c2cn3c(n2)CN(c2ncco2)CC3)CCN(C(=O)OC(C(F)(F)F)C(F)(F)F)CC1.COC(CO)OC.[C-]#[N+]N1CCn2cc(C(=O)NC3(C)CCN(C(=O)OC(C(F)(F)F)C(F)(F)F)CC3)nc2C1. The van der Waals surface area contributed by atoms with Gasteiger partial charge in [0, 0.05) is 83.5 Å². The number of amides is 4. The second-order valence-electron chi connectivity index (χ2n) is 18.0. The van der Waals surface area contributed by atoms with E-state index in [0.717, 1.165) is 9.80 Å². The molecule has 4 aliphatic rings. The van der Waals surface area contributed by atoms with Gasteiger partial charge in [0.25, 0.3) is 30.0 Å². The quantitative estimate of drug-likeness (QED) is 0.130. The number of alkyl halides is 12. The van der Waals surface area contributed by atoms with Crippen molar-refractivity contribution >= 4 is 30.0 Å². The minimum atomic E-state index is -5.79. The van der Waals surface area contributed by atoms with Crippen molar-refractivity contribution < 1.29 is 100 Å². The van der Waals surface area contributed by atoms with E-state index >= 15 is 0 Å². The normalized spacial score (nSPS) is 17.6. The topological polar surface area (TPSA) is 228 Å². The number of methoxy groups -OCH3 is 2. The number of rotatable bonds is 10. The van der Waals surface area contributed by atoms with Crippen LogP contribution >= 0.6 is 0 Å². The Hall–Kier alpha value is -6.76. The number of halogens is 12. The molecule has 0 saturated carbocycles. The number of hydrogen-bond acceptors (Lipinski definition) is 15. The fourth-order valence-electron chi connectivity index (χ4n) is 7.86. The summed E-state index contributed by atoms with van der Waals surface area (Å²) in [4.78, 5) is 68.8. The van der Waals surface area contributed by atoms with Gasteiger partial charge >= 0.3 is 36.9 Å². The first-order chi connectivity index (χ1) is 35.3. The third-order valence-electron chi connectivity index (χ3n) is 12.3. The third-order valence-corrected chi connectivity index (χ3v) is 12.3. The standard InChI is InChI=1S/C20H22F6N6O4.C18H20F6N6O3.C4H10O3/c1-18(2-5-30(6-3-18)17(34)36-15(19(21,22)23)20(24,25)26)29-14(33)12-10-31-7-8-32(11-13(31)28-12)16-27-4-9-35-16;1-16(27-13(31)11-9-29-7-8-30(25-2)10-12(29)26-11)3-5-28(6-4-16)15(32)33-14(17(19,20)21)18(22,23)24;1-6-4(3-5)7-2/h4,9-10,15H,2-3,5-8,11H2,1H3,(H,29,33);9,14H,3-8,10H2,1H3,(H,27,31);4-5H,3H2,1-2H3. The minimum absolute atomic E-state index is 0.0790. The number of hydrogen-bond donors (Lipinski definition) is 3. The van der Waals surface area contributed by atoms with E-state index in [4.69, 9.17) is 16.1 Å². The molecule has 0 radical (unpaired) electrons. The number of ether oxygens (including phenoxy) is 4. The van der Waals surface area contributed by atoms with Crippen molar-refractivity contribution in [3.05, 3.63) is 59.4 Å². The van der Waals surface area contributed by atoms with Crippen LogP contribution in [0.15, 0.2) is 29.3 Å². The number of aliphatic hydroxyl groups excluding tert-OH is 1. The number of piperidine rings is 2. The first kappa shape index (κ1) is 60.1. The van der Waals surface area contributed by atoms with E-state index in [2.05, 4.69) is 49.5 Å². The Morgan fingerprint density at radius 1 is 0.684 bits per heavy atom. The molecule has 2 saturated heterocycles. The van der Waals surface area contributed by atoms with E-state index in [0.29, 0.717) is 50.4 Å². The number of imidazole rings is 2. The van der Waals surface area contributed by atoms with E-state index in [-0.39, 0.29) is 76.4 Å². The molecule has 2 fully saturated rings. The first-order valence-electron chi connectivity index (χ1n) is 22.7. The summed E-state index contributed by atoms with van der Waals surface area (Å²) < 4.78 is 177. The number of carbonyl (C=O) groups is 4. The Morgan fingerprint density at radius 3 is 1.43 bits per heavy atom. The van der Waals surface area contributed by atoms with Crippen LogP contribution < -0.4 is 15.5 Å². The number of aliphatic hydroxyl groups is 1. The maximum atomic E-state index is 12.8. The summed E-state index contributed by atoms with van der Waals surface area (Å²) in [7, 11) is 2.95. The summed E-state index contributed by atoms with van der Waals surface area (Å²) in [5.41, 5.74) is -1.46. The molecule has 3 N–H and O–H groups in total. The van der Waals surface area contributed by atoms with E-state index in [1.165, 1.54) is 31.7 Å². The van der Waals surface area contributed by atoms with Gasteiger partial charge in [-0.05, 0) is 39.5 Å². The van der Waals surface area contributed by atoms with Crippen molar-refractivity contribution in [2.75, 3.05) is 65.0 Å². The third kappa shape index (κ3) is 15.9. The predicted molar refractivity (Wildman–Crippen MR) is 232 cm³/mol. The second kappa shape index (κ2) is 24.1. The summed E-state index contributed by atoms with van der Waals surface area (Å²) in [6.45, 7) is 12.2. The van der Waals surface area contributed by atoms with E-state index in [1.807, 2.05) is 9.47 Å². The minimum Gasteiger partial charge on any atom is -0.432 e. The molecule has 4 amide bonds. The molecule has 0 aromatic carbocycles. The van der Waals surface area contributed by atoms with Crippen molar-refractivity contribution in [2.45, 2.75) is 120 Å². The summed E-state index contributed by atoms with van der Waals surface area (Å²) >= 11 is 0. The van der Waals surface area contributed by atoms with Crippen molar-refractivity contribution in [1.82, 2.24) is 49.5 Å². The molecule has 22 nitrogen and oxygen atoms in total. The number of nitrogens with one attached hydrogen (secondary N) is 2. The molecular weight excluding hydrogens is 1060 g/mol. The van der Waals surface area contributed by atoms with E-state index in [9.17, 15) is 71.9 Å². The van der Waals surface area contributed by atoms with Crippen LogP contribution in [0, 0.1) is 6.57 Å². The molecule has 0 unspecified atom stereocenters. The number of likely N-dealkylation sites (tertiary alicyclic amines) is 2. The summed E-state index contributed by atoms with van der Waals surface area (Å²) in [5, 5.41) is 15.3. The largest absolute Gasteiger partial charge is 0.434 e. The van der Waals surface area contributed by atoms with Gasteiger partial charge in [0.2, 0.25) is 0 Å². The maximum absolute atomic E-state index is 12.8. The molecule has 3 aromatic heterocycles. The van der Waals surface area contributed by atoms with Gasteiger partial charge in [0.1, 0.15) is 42.4 Å². The predicted octanol–water partition coefficient (Wildman–Crippen LogP) is 5.45. The average Bonchev–Trinajstić information content (AvgIpc) is 4.13. The van der Waals surface area contributed by atoms with E-state index in [1.54, 1.807) is 30.8 Å². The van der Waals surface area contributed by atoms with Crippen molar-refractivity contribution in [3.63, 3.8) is 0 Å². The van der Waals surface area contributed by atoms with Crippen LogP contribution in [-0.4, -0.2) is 182 Å². The Morgan fingerprint density at radius 2 is 1.09 bits per heavy atom. The van der Waals surface area contributed by atoms with Gasteiger partial charge in [-0.3, -0.25) is 9.59 Å². The Balaban J connectivity index is 0.000000250. The highest BCUT2D eigenvalue weighted by molar-refractivity contribution is 5.93. The van der Waals surface area contributed by atoms with Crippen molar-refractivity contribution in [2.24, 2.45) is 0 Å². The van der Waals surface area contributed by atoms with E-state index < -0.39 is 78.3 Å². The number of fused-ring (bicyclic) bond motifs is 2. The highest BCUT2D eigenvalue weighted by Crippen LogP contribution is 2.38. The van der Waals surface area contributed by atoms with Crippen LogP contribution in [0.1, 0.15) is 72.2 Å². The molecule has 0 bridgehead atoms. The molecule has 7 rings (SSSR count). The molecular formula is C42H52F12N12O10. The smallest absolute Gasteiger partial charge is 0.432 e. The number of carbonyl (C=O) groups excluding carboxylic acids is 4. The number of aromatic nitrogens is 5. The fraction of sp³-hybridized carbons (Fsp3) is 0.667. The van der Waals surface area contributed by atoms with Crippen LogP contribution in [0.2, 0.25) is 0 Å². The van der Waals surface area contributed by atoms with Crippen LogP contribution in [0.5, 0.6) is 0 Å². The Kier molecular flexibility index (Phi) is 19.0. The molecule has 424 valence electrons. The van der Waals surface area contributed by atoms with Crippen molar-refractivity contribution in [3.8, 4) is 0 Å². The number of anilines is 1. The van der Waals surface area contributed by atoms with Gasteiger partial charge < -0.3 is 62.9 Å². The lowest BCUT2D eigenvalue weighted by Crippen LogP contribution is -2.55. The highest BCUT2D eigenvalue weighted by atomic mass is 19.4. The van der Waals surface area contributed by atoms with Crippen LogP contribution in [0.4, 0.5) is 68.3 Å². The lowest BCUT2D eigenvalue weighted by Gasteiger charge is -2.39. The Labute approximate surface area is 423 Å². The number of nitrogens with zero attached hydrogens (tertiary/aromatic N) is 10. The average molecular weight is 1110 g/mol. The molecule has 76 heavy (non-hydrogen) atoms. The van der Waals surface area contributed by atoms with Crippen LogP contribution in [-0.2, 0) is 45.1 Å². The van der Waals surface area contributed by atoms with Crippen molar-refractivity contribution in [1.29, 1.82) is 0 Å². The number of oxazole rings is 1. The zero-order valence-electron chi connectivity index (χ0n) is 40.8. The van der Waals surface area contributed by atoms with Gasteiger partial charge in [0.05, 0.1) is 19.3 Å². The van der Waals surface area contributed by atoms with Gasteiger partial charge in [-0.15, -0.1) is 5.01 Å². The monoisotopic (exact) mass is 1110 g/mol. The first-order valence-corrected chi connectivity index (χ1v) is 22.7. The summed E-state index contributed by atoms with van der Waals surface area (Å²) in [6, 6.07) is 0.435.